The first-order valence-electron chi connectivity index (χ1n) is 12.1. The first-order chi connectivity index (χ1) is 18.2. The zero-order chi connectivity index (χ0) is 25.1. The average Bonchev–Trinajstić information content (AvgIpc) is 3.46. The van der Waals surface area contributed by atoms with E-state index in [-0.39, 0.29) is 0 Å². The lowest BCUT2D eigenvalue weighted by Crippen LogP contribution is -1.99. The van der Waals surface area contributed by atoms with E-state index in [0.717, 1.165) is 71.0 Å². The van der Waals surface area contributed by atoms with Crippen molar-refractivity contribution in [1.82, 2.24) is 9.13 Å². The molecular formula is C32H23BrN2O2. The second kappa shape index (κ2) is 8.43. The number of methoxy groups -OCH3 is 2. The van der Waals surface area contributed by atoms with Gasteiger partial charge in [0.15, 0.2) is 0 Å². The Bertz CT molecular complexity index is 1840. The van der Waals surface area contributed by atoms with E-state index in [9.17, 15) is 0 Å². The largest absolute Gasteiger partial charge is 0.496 e. The number of hydrogen-bond donors (Lipinski definition) is 0. The molecule has 0 bridgehead atoms. The number of aromatic nitrogens is 2. The van der Waals surface area contributed by atoms with Crippen LogP contribution in [0.25, 0.3) is 55.0 Å². The van der Waals surface area contributed by atoms with Crippen molar-refractivity contribution in [2.45, 2.75) is 0 Å². The fraction of sp³-hybridized carbons (Fsp3) is 0.0625. The van der Waals surface area contributed by atoms with Crippen molar-refractivity contribution in [3.63, 3.8) is 0 Å². The Kier molecular flexibility index (Phi) is 5.01. The average molecular weight is 547 g/mol. The molecule has 0 saturated heterocycles. The summed E-state index contributed by atoms with van der Waals surface area (Å²) in [5, 5.41) is 4.56. The van der Waals surface area contributed by atoms with E-state index in [2.05, 4.69) is 116 Å². The second-order valence-electron chi connectivity index (χ2n) is 9.08. The molecule has 0 radical (unpaired) electrons. The number of ether oxygens (including phenoxy) is 2. The molecule has 2 aromatic heterocycles. The van der Waals surface area contributed by atoms with Crippen molar-refractivity contribution in [1.29, 1.82) is 0 Å². The van der Waals surface area contributed by atoms with Crippen LogP contribution in [0, 0.1) is 0 Å². The van der Waals surface area contributed by atoms with Gasteiger partial charge in [0.1, 0.15) is 11.5 Å². The standard InChI is InChI=1S/C32H23BrN2O2/c1-36-29-15-7-13-27-31(29)23-9-3-5-11-25(23)34(27)21-17-20(33)18-22(19-21)35-26-12-6-4-10-24(26)32-28(35)14-8-16-30(32)37-2/h3-19H,1-2H3. The van der Waals surface area contributed by atoms with E-state index in [1.54, 1.807) is 14.2 Å². The maximum atomic E-state index is 5.77. The third-order valence-electron chi connectivity index (χ3n) is 7.14. The molecule has 180 valence electrons. The van der Waals surface area contributed by atoms with Gasteiger partial charge in [0, 0.05) is 37.4 Å². The number of benzene rings is 5. The van der Waals surface area contributed by atoms with Crippen molar-refractivity contribution < 1.29 is 9.47 Å². The van der Waals surface area contributed by atoms with Gasteiger partial charge >= 0.3 is 0 Å². The van der Waals surface area contributed by atoms with Crippen LogP contribution in [0.5, 0.6) is 11.5 Å². The van der Waals surface area contributed by atoms with Crippen LogP contribution in [0.4, 0.5) is 0 Å². The minimum absolute atomic E-state index is 0.872. The SMILES string of the molecule is COc1cccc2c1c1ccccc1n2-c1cc(Br)cc(-n2c3ccccc3c3c(OC)cccc32)c1. The molecule has 0 aliphatic carbocycles. The van der Waals surface area contributed by atoms with E-state index in [0.29, 0.717) is 0 Å². The summed E-state index contributed by atoms with van der Waals surface area (Å²) in [7, 11) is 3.46. The van der Waals surface area contributed by atoms with Crippen LogP contribution in [0.15, 0.2) is 108 Å². The molecule has 5 aromatic carbocycles. The van der Waals surface area contributed by atoms with Crippen LogP contribution in [-0.4, -0.2) is 23.4 Å². The van der Waals surface area contributed by atoms with E-state index in [1.165, 1.54) is 0 Å². The molecule has 37 heavy (non-hydrogen) atoms. The molecule has 0 amide bonds. The Morgan fingerprint density at radius 1 is 0.514 bits per heavy atom. The molecule has 7 rings (SSSR count). The normalized spacial score (nSPS) is 11.6. The molecular weight excluding hydrogens is 524 g/mol. The first-order valence-corrected chi connectivity index (χ1v) is 12.9. The number of halogens is 1. The number of nitrogens with zero attached hydrogens (tertiary/aromatic N) is 2. The lowest BCUT2D eigenvalue weighted by Gasteiger charge is -2.14. The minimum Gasteiger partial charge on any atom is -0.496 e. The summed E-state index contributed by atoms with van der Waals surface area (Å²) in [5.74, 6) is 1.74. The maximum Gasteiger partial charge on any atom is 0.128 e. The quantitative estimate of drug-likeness (QED) is 0.221. The van der Waals surface area contributed by atoms with Crippen LogP contribution in [0.3, 0.4) is 0 Å². The fourth-order valence-electron chi connectivity index (χ4n) is 5.69. The summed E-state index contributed by atoms with van der Waals surface area (Å²) in [6, 6.07) is 36.0. The maximum absolute atomic E-state index is 5.77. The summed E-state index contributed by atoms with van der Waals surface area (Å²) in [4.78, 5) is 0. The molecule has 0 aliphatic rings. The smallest absolute Gasteiger partial charge is 0.128 e. The van der Waals surface area contributed by atoms with E-state index >= 15 is 0 Å². The van der Waals surface area contributed by atoms with Gasteiger partial charge < -0.3 is 18.6 Å². The number of para-hydroxylation sites is 2. The zero-order valence-electron chi connectivity index (χ0n) is 20.4. The molecule has 5 heteroatoms. The molecule has 0 spiro atoms. The van der Waals surface area contributed by atoms with Gasteiger partial charge in [-0.2, -0.15) is 0 Å². The first kappa shape index (κ1) is 22.0. The molecule has 2 heterocycles. The molecule has 0 N–H and O–H groups in total. The molecule has 0 atom stereocenters. The topological polar surface area (TPSA) is 28.3 Å². The highest BCUT2D eigenvalue weighted by Crippen LogP contribution is 2.40. The Morgan fingerprint density at radius 3 is 1.41 bits per heavy atom. The molecule has 7 aromatic rings. The van der Waals surface area contributed by atoms with Crippen molar-refractivity contribution in [3.05, 3.63) is 108 Å². The lowest BCUT2D eigenvalue weighted by molar-refractivity contribution is 0.420. The Hall–Kier alpha value is -4.22. The van der Waals surface area contributed by atoms with Gasteiger partial charge in [0.05, 0.1) is 36.3 Å². The van der Waals surface area contributed by atoms with Gasteiger partial charge in [-0.15, -0.1) is 0 Å². The van der Waals surface area contributed by atoms with Crippen molar-refractivity contribution >= 4 is 59.5 Å². The predicted octanol–water partition coefficient (Wildman–Crippen LogP) is 8.66. The fourth-order valence-corrected chi connectivity index (χ4v) is 6.16. The minimum atomic E-state index is 0.872. The van der Waals surface area contributed by atoms with E-state index in [1.807, 2.05) is 12.1 Å². The van der Waals surface area contributed by atoms with Gasteiger partial charge in [0.25, 0.3) is 0 Å². The molecule has 0 unspecified atom stereocenters. The molecule has 0 saturated carbocycles. The van der Waals surface area contributed by atoms with Crippen molar-refractivity contribution in [3.8, 4) is 22.9 Å². The number of fused-ring (bicyclic) bond motifs is 6. The summed E-state index contributed by atoms with van der Waals surface area (Å²) in [6.07, 6.45) is 0. The van der Waals surface area contributed by atoms with Crippen LogP contribution >= 0.6 is 15.9 Å². The van der Waals surface area contributed by atoms with Gasteiger partial charge in [-0.1, -0.05) is 64.5 Å². The summed E-state index contributed by atoms with van der Waals surface area (Å²) in [5.41, 5.74) is 6.61. The second-order valence-corrected chi connectivity index (χ2v) is 10.00. The van der Waals surface area contributed by atoms with E-state index < -0.39 is 0 Å². The Labute approximate surface area is 222 Å². The summed E-state index contributed by atoms with van der Waals surface area (Å²) in [6.45, 7) is 0. The van der Waals surface area contributed by atoms with Crippen LogP contribution < -0.4 is 9.47 Å². The van der Waals surface area contributed by atoms with Crippen LogP contribution in [-0.2, 0) is 0 Å². The Morgan fingerprint density at radius 2 is 0.946 bits per heavy atom. The zero-order valence-corrected chi connectivity index (χ0v) is 22.0. The summed E-state index contributed by atoms with van der Waals surface area (Å²) < 4.78 is 17.2. The highest BCUT2D eigenvalue weighted by atomic mass is 79.9. The highest BCUT2D eigenvalue weighted by molar-refractivity contribution is 9.10. The highest BCUT2D eigenvalue weighted by Gasteiger charge is 2.19. The van der Waals surface area contributed by atoms with Gasteiger partial charge in [-0.3, -0.25) is 0 Å². The van der Waals surface area contributed by atoms with Crippen molar-refractivity contribution in [2.24, 2.45) is 0 Å². The monoisotopic (exact) mass is 546 g/mol. The molecule has 4 nitrogen and oxygen atoms in total. The third-order valence-corrected chi connectivity index (χ3v) is 7.60. The van der Waals surface area contributed by atoms with Gasteiger partial charge in [0.2, 0.25) is 0 Å². The van der Waals surface area contributed by atoms with Gasteiger partial charge in [-0.05, 0) is 54.6 Å². The predicted molar refractivity (Wildman–Crippen MR) is 156 cm³/mol. The van der Waals surface area contributed by atoms with E-state index in [4.69, 9.17) is 9.47 Å². The third kappa shape index (κ3) is 3.20. The van der Waals surface area contributed by atoms with Crippen LogP contribution in [0.1, 0.15) is 0 Å². The number of hydrogen-bond acceptors (Lipinski definition) is 2. The number of rotatable bonds is 4. The Balaban J connectivity index is 1.58. The molecule has 0 aliphatic heterocycles. The molecule has 0 fully saturated rings. The summed E-state index contributed by atoms with van der Waals surface area (Å²) >= 11 is 3.82. The lowest BCUT2D eigenvalue weighted by atomic mass is 10.1. The van der Waals surface area contributed by atoms with Crippen molar-refractivity contribution in [2.75, 3.05) is 14.2 Å². The van der Waals surface area contributed by atoms with Gasteiger partial charge in [-0.25, -0.2) is 0 Å². The van der Waals surface area contributed by atoms with Crippen LogP contribution in [0.2, 0.25) is 0 Å².